The molecule has 0 heterocycles. The van der Waals surface area contributed by atoms with Gasteiger partial charge in [0.2, 0.25) is 0 Å². The SMILES string of the molecule is C=C(c1ccc(C(C)CC)cc1)C1(c2ccc(-c3ccccc3OC)c(F)c2)CC1. The third-order valence-corrected chi connectivity index (χ3v) is 6.69. The number of methoxy groups -OCH3 is 1. The molecule has 0 radical (unpaired) electrons. The van der Waals surface area contributed by atoms with Crippen LogP contribution in [0.4, 0.5) is 4.39 Å². The molecule has 1 aliphatic rings. The van der Waals surface area contributed by atoms with Crippen LogP contribution in [0.5, 0.6) is 5.75 Å². The van der Waals surface area contributed by atoms with Crippen LogP contribution in [0.2, 0.25) is 0 Å². The number of benzene rings is 3. The van der Waals surface area contributed by atoms with Gasteiger partial charge in [0, 0.05) is 16.5 Å². The van der Waals surface area contributed by atoms with Crippen LogP contribution in [0.3, 0.4) is 0 Å². The molecule has 1 saturated carbocycles. The Kier molecular flexibility index (Phi) is 5.51. The number of hydrogen-bond donors (Lipinski definition) is 0. The minimum absolute atomic E-state index is 0.155. The van der Waals surface area contributed by atoms with Crippen molar-refractivity contribution in [2.45, 2.75) is 44.4 Å². The molecule has 3 aromatic rings. The van der Waals surface area contributed by atoms with E-state index in [1.165, 1.54) is 5.56 Å². The van der Waals surface area contributed by atoms with Crippen molar-refractivity contribution < 1.29 is 9.13 Å². The van der Waals surface area contributed by atoms with Gasteiger partial charge in [0.25, 0.3) is 0 Å². The van der Waals surface area contributed by atoms with E-state index in [-0.39, 0.29) is 11.2 Å². The first-order valence-corrected chi connectivity index (χ1v) is 10.7. The van der Waals surface area contributed by atoms with Gasteiger partial charge in [-0.2, -0.15) is 0 Å². The van der Waals surface area contributed by atoms with Crippen LogP contribution >= 0.6 is 0 Å². The van der Waals surface area contributed by atoms with E-state index in [1.54, 1.807) is 13.2 Å². The molecule has 1 aliphatic carbocycles. The fourth-order valence-corrected chi connectivity index (χ4v) is 4.31. The van der Waals surface area contributed by atoms with Crippen molar-refractivity contribution >= 4 is 5.57 Å². The fraction of sp³-hybridized carbons (Fsp3) is 0.286. The summed E-state index contributed by atoms with van der Waals surface area (Å²) in [5.74, 6) is 1.01. The van der Waals surface area contributed by atoms with Gasteiger partial charge in [-0.3, -0.25) is 0 Å². The number of ether oxygens (including phenoxy) is 1. The molecule has 154 valence electrons. The smallest absolute Gasteiger partial charge is 0.131 e. The zero-order chi connectivity index (χ0) is 21.3. The summed E-state index contributed by atoms with van der Waals surface area (Å²) in [4.78, 5) is 0. The second kappa shape index (κ2) is 8.10. The molecule has 2 heteroatoms. The molecule has 0 aliphatic heterocycles. The molecular formula is C28H29FO. The highest BCUT2D eigenvalue weighted by Crippen LogP contribution is 2.57. The Balaban J connectivity index is 1.64. The first-order chi connectivity index (χ1) is 14.5. The second-order valence-electron chi connectivity index (χ2n) is 8.39. The number of halogens is 1. The molecule has 4 rings (SSSR count). The minimum atomic E-state index is -0.219. The molecular weight excluding hydrogens is 371 g/mol. The Morgan fingerprint density at radius 2 is 1.73 bits per heavy atom. The van der Waals surface area contributed by atoms with Crippen molar-refractivity contribution in [3.05, 3.63) is 95.8 Å². The molecule has 1 unspecified atom stereocenters. The average molecular weight is 401 g/mol. The van der Waals surface area contributed by atoms with E-state index in [0.717, 1.165) is 41.5 Å². The van der Waals surface area contributed by atoms with E-state index in [4.69, 9.17) is 4.74 Å². The second-order valence-corrected chi connectivity index (χ2v) is 8.39. The van der Waals surface area contributed by atoms with Gasteiger partial charge in [0.1, 0.15) is 11.6 Å². The minimum Gasteiger partial charge on any atom is -0.496 e. The highest BCUT2D eigenvalue weighted by atomic mass is 19.1. The van der Waals surface area contributed by atoms with E-state index < -0.39 is 0 Å². The maximum absolute atomic E-state index is 15.2. The van der Waals surface area contributed by atoms with Gasteiger partial charge >= 0.3 is 0 Å². The summed E-state index contributed by atoms with van der Waals surface area (Å²) in [7, 11) is 1.61. The number of rotatable bonds is 7. The maximum atomic E-state index is 15.2. The van der Waals surface area contributed by atoms with Crippen LogP contribution in [0.25, 0.3) is 16.7 Å². The molecule has 0 spiro atoms. The lowest BCUT2D eigenvalue weighted by Crippen LogP contribution is -2.09. The molecule has 0 aromatic heterocycles. The molecule has 0 saturated heterocycles. The highest BCUT2D eigenvalue weighted by molar-refractivity contribution is 5.78. The summed E-state index contributed by atoms with van der Waals surface area (Å²) in [5.41, 5.74) is 5.78. The lowest BCUT2D eigenvalue weighted by atomic mass is 9.83. The fourth-order valence-electron chi connectivity index (χ4n) is 4.31. The van der Waals surface area contributed by atoms with Crippen molar-refractivity contribution in [1.29, 1.82) is 0 Å². The Labute approximate surface area is 179 Å². The van der Waals surface area contributed by atoms with Crippen LogP contribution in [0.1, 0.15) is 55.7 Å². The monoisotopic (exact) mass is 400 g/mol. The van der Waals surface area contributed by atoms with Crippen LogP contribution in [0, 0.1) is 5.82 Å². The van der Waals surface area contributed by atoms with Gasteiger partial charge < -0.3 is 4.74 Å². The molecule has 30 heavy (non-hydrogen) atoms. The summed E-state index contributed by atoms with van der Waals surface area (Å²) in [6.07, 6.45) is 3.14. The number of allylic oxidation sites excluding steroid dienone is 1. The maximum Gasteiger partial charge on any atom is 0.131 e. The van der Waals surface area contributed by atoms with Crippen molar-refractivity contribution in [3.8, 4) is 16.9 Å². The third kappa shape index (κ3) is 3.56. The van der Waals surface area contributed by atoms with E-state index in [9.17, 15) is 0 Å². The van der Waals surface area contributed by atoms with Crippen molar-refractivity contribution in [1.82, 2.24) is 0 Å². The molecule has 3 aromatic carbocycles. The summed E-state index contributed by atoms with van der Waals surface area (Å²) in [6, 6.07) is 21.9. The van der Waals surface area contributed by atoms with Gasteiger partial charge in [0.15, 0.2) is 0 Å². The van der Waals surface area contributed by atoms with Gasteiger partial charge in [0.05, 0.1) is 7.11 Å². The Morgan fingerprint density at radius 3 is 2.33 bits per heavy atom. The largest absolute Gasteiger partial charge is 0.496 e. The lowest BCUT2D eigenvalue weighted by molar-refractivity contribution is 0.416. The van der Waals surface area contributed by atoms with Crippen molar-refractivity contribution in [3.63, 3.8) is 0 Å². The zero-order valence-electron chi connectivity index (χ0n) is 18.0. The van der Waals surface area contributed by atoms with Gasteiger partial charge in [-0.1, -0.05) is 75.0 Å². The van der Waals surface area contributed by atoms with Crippen LogP contribution in [0.15, 0.2) is 73.3 Å². The normalized spacial score (nSPS) is 15.5. The topological polar surface area (TPSA) is 9.23 Å². The molecule has 1 atom stereocenters. The molecule has 0 bridgehead atoms. The Hall–Kier alpha value is -2.87. The van der Waals surface area contributed by atoms with E-state index in [0.29, 0.717) is 17.2 Å². The number of hydrogen-bond acceptors (Lipinski definition) is 1. The van der Waals surface area contributed by atoms with E-state index in [1.807, 2.05) is 30.3 Å². The average Bonchev–Trinajstić information content (AvgIpc) is 3.60. The van der Waals surface area contributed by atoms with Crippen LogP contribution in [-0.4, -0.2) is 7.11 Å². The van der Waals surface area contributed by atoms with E-state index in [2.05, 4.69) is 50.8 Å². The van der Waals surface area contributed by atoms with Crippen LogP contribution < -0.4 is 4.74 Å². The van der Waals surface area contributed by atoms with Gasteiger partial charge in [-0.15, -0.1) is 0 Å². The van der Waals surface area contributed by atoms with Gasteiger partial charge in [-0.05, 0) is 59.6 Å². The predicted molar refractivity (Wildman–Crippen MR) is 123 cm³/mol. The summed E-state index contributed by atoms with van der Waals surface area (Å²) in [5, 5.41) is 0. The Morgan fingerprint density at radius 1 is 1.03 bits per heavy atom. The first-order valence-electron chi connectivity index (χ1n) is 10.7. The van der Waals surface area contributed by atoms with Crippen molar-refractivity contribution in [2.24, 2.45) is 0 Å². The van der Waals surface area contributed by atoms with Crippen molar-refractivity contribution in [2.75, 3.05) is 7.11 Å². The molecule has 1 fully saturated rings. The zero-order valence-corrected chi connectivity index (χ0v) is 18.0. The van der Waals surface area contributed by atoms with E-state index >= 15 is 4.39 Å². The summed E-state index contributed by atoms with van der Waals surface area (Å²) >= 11 is 0. The quantitative estimate of drug-likeness (QED) is 0.394. The highest BCUT2D eigenvalue weighted by Gasteiger charge is 2.47. The van der Waals surface area contributed by atoms with Crippen LogP contribution in [-0.2, 0) is 5.41 Å². The predicted octanol–water partition coefficient (Wildman–Crippen LogP) is 7.76. The lowest BCUT2D eigenvalue weighted by Gasteiger charge is -2.21. The summed E-state index contributed by atoms with van der Waals surface area (Å²) < 4.78 is 20.6. The Bertz CT molecular complexity index is 1060. The number of para-hydroxylation sites is 1. The first kappa shape index (κ1) is 20.4. The standard InChI is InChI=1S/C28H29FO/c1-5-19(2)21-10-12-22(13-11-21)20(3)28(16-17-28)23-14-15-24(26(29)18-23)25-8-6-7-9-27(25)30-4/h6-15,18-19H,3,5,16-17H2,1-2,4H3. The molecule has 0 amide bonds. The summed E-state index contributed by atoms with van der Waals surface area (Å²) in [6.45, 7) is 8.88. The molecule has 1 nitrogen and oxygen atoms in total. The third-order valence-electron chi connectivity index (χ3n) is 6.69. The van der Waals surface area contributed by atoms with Gasteiger partial charge in [-0.25, -0.2) is 4.39 Å². The molecule has 0 N–H and O–H groups in total.